The van der Waals surface area contributed by atoms with Crippen LogP contribution in [-0.4, -0.2) is 42.6 Å². The van der Waals surface area contributed by atoms with Crippen LogP contribution in [0.5, 0.6) is 0 Å². The summed E-state index contributed by atoms with van der Waals surface area (Å²) in [6.45, 7) is 7.96. The van der Waals surface area contributed by atoms with E-state index in [1.54, 1.807) is 7.11 Å². The maximum Gasteiger partial charge on any atom is 0.304 e. The van der Waals surface area contributed by atoms with Crippen LogP contribution in [0.25, 0.3) is 11.1 Å². The smallest absolute Gasteiger partial charge is 0.304 e. The van der Waals surface area contributed by atoms with Crippen LogP contribution in [0.4, 0.5) is 0 Å². The van der Waals surface area contributed by atoms with Gasteiger partial charge < -0.3 is 20.5 Å². The molecule has 0 saturated carbocycles. The first-order valence-corrected chi connectivity index (χ1v) is 14.5. The van der Waals surface area contributed by atoms with Crippen LogP contribution < -0.4 is 10.6 Å². The molecule has 0 radical (unpaired) electrons. The number of carboxylic acid groups (broad SMARTS) is 1. The summed E-state index contributed by atoms with van der Waals surface area (Å²) >= 11 is 0. The molecule has 0 unspecified atom stereocenters. The van der Waals surface area contributed by atoms with Crippen molar-refractivity contribution >= 4 is 17.8 Å². The Labute approximate surface area is 249 Å². The van der Waals surface area contributed by atoms with Gasteiger partial charge in [0, 0.05) is 13.0 Å². The number of carbonyl (C=O) groups is 3. The molecule has 2 amide bonds. The fourth-order valence-corrected chi connectivity index (χ4v) is 5.17. The van der Waals surface area contributed by atoms with Gasteiger partial charge >= 0.3 is 5.97 Å². The maximum absolute atomic E-state index is 13.5. The third-order valence-electron chi connectivity index (χ3n) is 7.40. The number of nitrogens with one attached hydrogen (secondary N) is 2. The summed E-state index contributed by atoms with van der Waals surface area (Å²) < 4.78 is 5.34. The normalized spacial score (nSPS) is 13.5. The molecule has 224 valence electrons. The number of aryl methyl sites for hydroxylation is 2. The fourth-order valence-electron chi connectivity index (χ4n) is 5.17. The summed E-state index contributed by atoms with van der Waals surface area (Å²) in [5.41, 5.74) is 4.86. The van der Waals surface area contributed by atoms with Crippen LogP contribution in [0.3, 0.4) is 0 Å². The first-order chi connectivity index (χ1) is 20.0. The first kappa shape index (κ1) is 32.5. The molecular weight excluding hydrogens is 528 g/mol. The van der Waals surface area contributed by atoms with E-state index in [2.05, 4.69) is 47.9 Å². The van der Waals surface area contributed by atoms with Crippen LogP contribution in [0.2, 0.25) is 0 Å². The van der Waals surface area contributed by atoms with Gasteiger partial charge in [0.05, 0.1) is 19.1 Å². The van der Waals surface area contributed by atoms with E-state index < -0.39 is 35.3 Å². The Morgan fingerprint density at radius 3 is 2.21 bits per heavy atom. The minimum Gasteiger partial charge on any atom is -0.481 e. The molecule has 3 atom stereocenters. The lowest BCUT2D eigenvalue weighted by Crippen LogP contribution is -2.55. The third-order valence-corrected chi connectivity index (χ3v) is 7.40. The molecule has 0 spiro atoms. The van der Waals surface area contributed by atoms with Crippen molar-refractivity contribution in [3.05, 3.63) is 95.6 Å². The maximum atomic E-state index is 13.5. The number of amides is 2. The van der Waals surface area contributed by atoms with Crippen molar-refractivity contribution in [2.75, 3.05) is 13.7 Å². The van der Waals surface area contributed by atoms with E-state index in [4.69, 9.17) is 4.74 Å². The molecular formula is C35H44N2O5. The zero-order valence-electron chi connectivity index (χ0n) is 25.4. The second-order valence-electron chi connectivity index (χ2n) is 11.9. The lowest BCUT2D eigenvalue weighted by atomic mass is 9.85. The molecule has 3 rings (SSSR count). The minimum absolute atomic E-state index is 0.270. The average Bonchev–Trinajstić information content (AvgIpc) is 2.95. The summed E-state index contributed by atoms with van der Waals surface area (Å²) in [7, 11) is 1.57. The van der Waals surface area contributed by atoms with E-state index in [1.807, 2.05) is 69.3 Å². The van der Waals surface area contributed by atoms with Gasteiger partial charge in [-0.3, -0.25) is 14.4 Å². The summed E-state index contributed by atoms with van der Waals surface area (Å²) in [4.78, 5) is 38.8. The van der Waals surface area contributed by atoms with Crippen molar-refractivity contribution in [2.45, 2.75) is 65.5 Å². The van der Waals surface area contributed by atoms with Crippen molar-refractivity contribution < 1.29 is 24.2 Å². The quantitative estimate of drug-likeness (QED) is 0.216. The zero-order chi connectivity index (χ0) is 30.7. The van der Waals surface area contributed by atoms with Crippen LogP contribution >= 0.6 is 0 Å². The molecule has 0 aliphatic rings. The largest absolute Gasteiger partial charge is 0.481 e. The van der Waals surface area contributed by atoms with Gasteiger partial charge in [-0.2, -0.15) is 0 Å². The molecule has 3 aromatic rings. The molecule has 7 heteroatoms. The molecule has 0 heterocycles. The number of hydrogen-bond donors (Lipinski definition) is 3. The standard InChI is InChI=1S/C35H44N2O5/c1-24-13-11-18-27(21-24)29-20-10-9-14-25(29)17-12-19-28(22-31(38)39)33(40)37-32(35(2,3)4)34(41)36-30(23-42-5)26-15-7-6-8-16-26/h6-11,13-16,18,20-21,28,30,32H,12,17,19,22-23H2,1-5H3,(H,36,41)(H,37,40)(H,38,39)/t28-,30-,32-/m1/s1. The van der Waals surface area contributed by atoms with E-state index >= 15 is 0 Å². The Kier molecular flexibility index (Phi) is 11.9. The predicted octanol–water partition coefficient (Wildman–Crippen LogP) is 6.11. The van der Waals surface area contributed by atoms with Crippen molar-refractivity contribution in [3.63, 3.8) is 0 Å². The molecule has 7 nitrogen and oxygen atoms in total. The highest BCUT2D eigenvalue weighted by molar-refractivity contribution is 5.90. The van der Waals surface area contributed by atoms with Crippen molar-refractivity contribution in [2.24, 2.45) is 11.3 Å². The molecule has 0 bridgehead atoms. The average molecular weight is 573 g/mol. The van der Waals surface area contributed by atoms with E-state index in [-0.39, 0.29) is 18.9 Å². The van der Waals surface area contributed by atoms with Crippen molar-refractivity contribution in [3.8, 4) is 11.1 Å². The SMILES string of the molecule is COC[C@@H](NC(=O)[C@@H](NC(=O)[C@H](CCCc1ccccc1-c1cccc(C)c1)CC(=O)O)C(C)(C)C)c1ccccc1. The van der Waals surface area contributed by atoms with Gasteiger partial charge in [-0.15, -0.1) is 0 Å². The van der Waals surface area contributed by atoms with Gasteiger partial charge in [0.25, 0.3) is 0 Å². The summed E-state index contributed by atoms with van der Waals surface area (Å²) in [5.74, 6) is -2.59. The minimum atomic E-state index is -1.05. The van der Waals surface area contributed by atoms with Crippen LogP contribution in [0.15, 0.2) is 78.9 Å². The molecule has 3 N–H and O–H groups in total. The van der Waals surface area contributed by atoms with Gasteiger partial charge in [0.1, 0.15) is 6.04 Å². The molecule has 0 aliphatic heterocycles. The highest BCUT2D eigenvalue weighted by Gasteiger charge is 2.36. The van der Waals surface area contributed by atoms with Crippen molar-refractivity contribution in [1.82, 2.24) is 10.6 Å². The van der Waals surface area contributed by atoms with Gasteiger partial charge in [-0.25, -0.2) is 0 Å². The lowest BCUT2D eigenvalue weighted by Gasteiger charge is -2.33. The van der Waals surface area contributed by atoms with Crippen LogP contribution in [-0.2, 0) is 25.5 Å². The fraction of sp³-hybridized carbons (Fsp3) is 0.400. The second-order valence-corrected chi connectivity index (χ2v) is 11.9. The van der Waals surface area contributed by atoms with Gasteiger partial charge in [-0.1, -0.05) is 105 Å². The van der Waals surface area contributed by atoms with E-state index in [1.165, 1.54) is 5.56 Å². The zero-order valence-corrected chi connectivity index (χ0v) is 25.4. The lowest BCUT2D eigenvalue weighted by molar-refractivity contribution is -0.142. The summed E-state index contributed by atoms with van der Waals surface area (Å²) in [6.07, 6.45) is 1.41. The molecule has 0 fully saturated rings. The monoisotopic (exact) mass is 572 g/mol. The Hall–Kier alpha value is -3.97. The predicted molar refractivity (Wildman–Crippen MR) is 166 cm³/mol. The third kappa shape index (κ3) is 9.55. The number of aliphatic carboxylic acids is 1. The van der Waals surface area contributed by atoms with Crippen LogP contribution in [0.1, 0.15) is 62.8 Å². The highest BCUT2D eigenvalue weighted by Crippen LogP contribution is 2.27. The number of carbonyl (C=O) groups excluding carboxylic acids is 2. The Balaban J connectivity index is 1.72. The Morgan fingerprint density at radius 1 is 0.881 bits per heavy atom. The summed E-state index contributed by atoms with van der Waals surface area (Å²) in [5, 5.41) is 15.5. The Morgan fingerprint density at radius 2 is 1.57 bits per heavy atom. The summed E-state index contributed by atoms with van der Waals surface area (Å²) in [6, 6.07) is 24.7. The number of ether oxygens (including phenoxy) is 1. The van der Waals surface area contributed by atoms with Gasteiger partial charge in [0.15, 0.2) is 0 Å². The topological polar surface area (TPSA) is 105 Å². The molecule has 3 aromatic carbocycles. The molecule has 0 aromatic heterocycles. The number of carboxylic acids is 1. The molecule has 42 heavy (non-hydrogen) atoms. The number of hydrogen-bond acceptors (Lipinski definition) is 4. The van der Waals surface area contributed by atoms with E-state index in [9.17, 15) is 19.5 Å². The molecule has 0 saturated heterocycles. The molecule has 0 aliphatic carbocycles. The van der Waals surface area contributed by atoms with Gasteiger partial charge in [0.2, 0.25) is 11.8 Å². The highest BCUT2D eigenvalue weighted by atomic mass is 16.5. The number of methoxy groups -OCH3 is 1. The number of rotatable bonds is 14. The first-order valence-electron chi connectivity index (χ1n) is 14.5. The van der Waals surface area contributed by atoms with E-state index in [0.29, 0.717) is 19.3 Å². The van der Waals surface area contributed by atoms with E-state index in [0.717, 1.165) is 22.3 Å². The Bertz CT molecular complexity index is 1330. The van der Waals surface area contributed by atoms with Crippen molar-refractivity contribution in [1.29, 1.82) is 0 Å². The number of benzene rings is 3. The van der Waals surface area contributed by atoms with Gasteiger partial charge in [-0.05, 0) is 53.9 Å². The van der Waals surface area contributed by atoms with Crippen LogP contribution in [0, 0.1) is 18.3 Å². The second kappa shape index (κ2) is 15.3.